The highest BCUT2D eigenvalue weighted by atomic mass is 16.7. The topological polar surface area (TPSA) is 35.5 Å². The highest BCUT2D eigenvalue weighted by Crippen LogP contribution is 2.39. The Labute approximate surface area is 60.3 Å². The lowest BCUT2D eigenvalue weighted by Crippen LogP contribution is -2.68. The van der Waals surface area contributed by atoms with Gasteiger partial charge >= 0.3 is 5.97 Å². The smallest absolute Gasteiger partial charge is 0.342 e. The van der Waals surface area contributed by atoms with Gasteiger partial charge in [-0.05, 0) is 20.8 Å². The van der Waals surface area contributed by atoms with Crippen molar-refractivity contribution in [2.45, 2.75) is 32.0 Å². The van der Waals surface area contributed by atoms with Gasteiger partial charge in [-0.25, -0.2) is 4.79 Å². The summed E-state index contributed by atoms with van der Waals surface area (Å²) in [6, 6.07) is 0. The van der Waals surface area contributed by atoms with Crippen molar-refractivity contribution in [2.24, 2.45) is 0 Å². The number of ether oxygens (including phenoxy) is 2. The molecule has 0 aliphatic carbocycles. The second-order valence-electron chi connectivity index (χ2n) is 3.14. The minimum atomic E-state index is -0.743. The minimum absolute atomic E-state index is 0.278. The molecule has 0 aromatic rings. The lowest BCUT2D eigenvalue weighted by atomic mass is 9.82. The van der Waals surface area contributed by atoms with E-state index in [9.17, 15) is 4.79 Å². The van der Waals surface area contributed by atoms with Crippen molar-refractivity contribution in [3.63, 3.8) is 0 Å². The summed E-state index contributed by atoms with van der Waals surface area (Å²) in [7, 11) is 1.52. The Morgan fingerprint density at radius 3 is 2.00 bits per heavy atom. The number of cyclic esters (lactones) is 1. The number of methoxy groups -OCH3 is 1. The highest BCUT2D eigenvalue weighted by molar-refractivity contribution is 5.87. The molecular formula is C7H12O3. The number of esters is 1. The molecule has 1 fully saturated rings. The quantitative estimate of drug-likeness (QED) is 0.509. The van der Waals surface area contributed by atoms with Crippen molar-refractivity contribution in [3.05, 3.63) is 0 Å². The average molecular weight is 144 g/mol. The summed E-state index contributed by atoms with van der Waals surface area (Å²) in [5, 5.41) is 0. The molecule has 0 radical (unpaired) electrons. The molecule has 0 saturated carbocycles. The lowest BCUT2D eigenvalue weighted by molar-refractivity contribution is -0.259. The van der Waals surface area contributed by atoms with E-state index in [0.717, 1.165) is 0 Å². The van der Waals surface area contributed by atoms with Crippen molar-refractivity contribution >= 4 is 5.97 Å². The van der Waals surface area contributed by atoms with Crippen molar-refractivity contribution in [1.82, 2.24) is 0 Å². The van der Waals surface area contributed by atoms with Crippen LogP contribution in [0.15, 0.2) is 0 Å². The molecule has 3 heteroatoms. The third kappa shape index (κ3) is 0.611. The fourth-order valence-corrected chi connectivity index (χ4v) is 0.955. The lowest BCUT2D eigenvalue weighted by Gasteiger charge is -2.49. The number of carbonyl (C=O) groups excluding carboxylic acids is 1. The maximum atomic E-state index is 10.9. The Bertz CT molecular complexity index is 174. The van der Waals surface area contributed by atoms with E-state index in [2.05, 4.69) is 0 Å². The molecule has 1 aliphatic rings. The molecule has 0 aromatic heterocycles. The molecule has 1 aliphatic heterocycles. The van der Waals surface area contributed by atoms with E-state index in [4.69, 9.17) is 9.47 Å². The van der Waals surface area contributed by atoms with Gasteiger partial charge in [0.1, 0.15) is 5.60 Å². The zero-order valence-corrected chi connectivity index (χ0v) is 6.72. The van der Waals surface area contributed by atoms with Crippen molar-refractivity contribution in [2.75, 3.05) is 7.11 Å². The fourth-order valence-electron chi connectivity index (χ4n) is 0.955. The van der Waals surface area contributed by atoms with E-state index in [1.54, 1.807) is 6.92 Å². The fraction of sp³-hybridized carbons (Fsp3) is 0.857. The SMILES string of the molecule is COC1(C)C(=O)OC1(C)C. The first-order valence-electron chi connectivity index (χ1n) is 3.22. The maximum Gasteiger partial charge on any atom is 0.342 e. The van der Waals surface area contributed by atoms with Crippen LogP contribution in [0.4, 0.5) is 0 Å². The summed E-state index contributed by atoms with van der Waals surface area (Å²) in [6.07, 6.45) is 0. The Balaban J connectivity index is 2.83. The molecule has 0 N–H and O–H groups in total. The normalized spacial score (nSPS) is 36.6. The number of hydrogen-bond donors (Lipinski definition) is 0. The zero-order chi connectivity index (χ0) is 7.99. The molecule has 1 saturated heterocycles. The molecule has 0 spiro atoms. The molecule has 1 heterocycles. The van der Waals surface area contributed by atoms with E-state index < -0.39 is 11.2 Å². The number of carbonyl (C=O) groups is 1. The summed E-state index contributed by atoms with van der Waals surface area (Å²) in [4.78, 5) is 10.9. The summed E-state index contributed by atoms with van der Waals surface area (Å²) in [6.45, 7) is 5.40. The van der Waals surface area contributed by atoms with E-state index in [1.807, 2.05) is 13.8 Å². The molecule has 0 aromatic carbocycles. The highest BCUT2D eigenvalue weighted by Gasteiger charge is 2.61. The predicted molar refractivity (Wildman–Crippen MR) is 35.6 cm³/mol. The maximum absolute atomic E-state index is 10.9. The average Bonchev–Trinajstić information content (AvgIpc) is 1.85. The van der Waals surface area contributed by atoms with Crippen LogP contribution in [-0.2, 0) is 14.3 Å². The van der Waals surface area contributed by atoms with Crippen LogP contribution >= 0.6 is 0 Å². The molecule has 3 nitrogen and oxygen atoms in total. The Hall–Kier alpha value is -0.570. The monoisotopic (exact) mass is 144 g/mol. The van der Waals surface area contributed by atoms with Crippen LogP contribution in [0.2, 0.25) is 0 Å². The van der Waals surface area contributed by atoms with Gasteiger partial charge in [-0.1, -0.05) is 0 Å². The van der Waals surface area contributed by atoms with Crippen LogP contribution < -0.4 is 0 Å². The van der Waals surface area contributed by atoms with Gasteiger partial charge in [0.15, 0.2) is 0 Å². The molecule has 1 rings (SSSR count). The van der Waals surface area contributed by atoms with Crippen LogP contribution in [0.1, 0.15) is 20.8 Å². The number of rotatable bonds is 1. The van der Waals surface area contributed by atoms with Crippen LogP contribution in [0.3, 0.4) is 0 Å². The van der Waals surface area contributed by atoms with Crippen LogP contribution in [-0.4, -0.2) is 24.3 Å². The van der Waals surface area contributed by atoms with E-state index in [0.29, 0.717) is 0 Å². The Kier molecular flexibility index (Phi) is 1.30. The van der Waals surface area contributed by atoms with Gasteiger partial charge in [-0.15, -0.1) is 0 Å². The largest absolute Gasteiger partial charge is 0.454 e. The van der Waals surface area contributed by atoms with Crippen LogP contribution in [0.5, 0.6) is 0 Å². The first-order chi connectivity index (χ1) is 4.44. The Morgan fingerprint density at radius 2 is 1.90 bits per heavy atom. The van der Waals surface area contributed by atoms with Crippen molar-refractivity contribution in [3.8, 4) is 0 Å². The Morgan fingerprint density at radius 1 is 1.40 bits per heavy atom. The molecule has 0 bridgehead atoms. The summed E-state index contributed by atoms with van der Waals surface area (Å²) in [5.41, 5.74) is -1.22. The van der Waals surface area contributed by atoms with Crippen LogP contribution in [0, 0.1) is 0 Å². The summed E-state index contributed by atoms with van der Waals surface area (Å²) in [5.74, 6) is -0.278. The van der Waals surface area contributed by atoms with E-state index in [1.165, 1.54) is 7.11 Å². The molecule has 58 valence electrons. The minimum Gasteiger partial charge on any atom is -0.454 e. The van der Waals surface area contributed by atoms with Crippen LogP contribution in [0.25, 0.3) is 0 Å². The molecule has 1 atom stereocenters. The van der Waals surface area contributed by atoms with Crippen molar-refractivity contribution in [1.29, 1.82) is 0 Å². The first kappa shape index (κ1) is 7.54. The van der Waals surface area contributed by atoms with Gasteiger partial charge in [0.2, 0.25) is 5.60 Å². The van der Waals surface area contributed by atoms with Gasteiger partial charge < -0.3 is 9.47 Å². The van der Waals surface area contributed by atoms with E-state index in [-0.39, 0.29) is 5.97 Å². The summed E-state index contributed by atoms with van der Waals surface area (Å²) < 4.78 is 9.90. The molecular weight excluding hydrogens is 132 g/mol. The standard InChI is InChI=1S/C7H12O3/c1-6(2)7(3,9-4)5(8)10-6/h1-4H3. The third-order valence-corrected chi connectivity index (χ3v) is 2.29. The third-order valence-electron chi connectivity index (χ3n) is 2.29. The van der Waals surface area contributed by atoms with E-state index >= 15 is 0 Å². The van der Waals surface area contributed by atoms with Gasteiger partial charge in [0.25, 0.3) is 0 Å². The molecule has 10 heavy (non-hydrogen) atoms. The molecule has 0 amide bonds. The van der Waals surface area contributed by atoms with Gasteiger partial charge in [0.05, 0.1) is 0 Å². The zero-order valence-electron chi connectivity index (χ0n) is 6.72. The predicted octanol–water partition coefficient (Wildman–Crippen LogP) is 0.727. The van der Waals surface area contributed by atoms with Gasteiger partial charge in [0, 0.05) is 7.11 Å². The van der Waals surface area contributed by atoms with Gasteiger partial charge in [-0.2, -0.15) is 0 Å². The second kappa shape index (κ2) is 1.72. The van der Waals surface area contributed by atoms with Crippen molar-refractivity contribution < 1.29 is 14.3 Å². The van der Waals surface area contributed by atoms with Gasteiger partial charge in [-0.3, -0.25) is 0 Å². The second-order valence-corrected chi connectivity index (χ2v) is 3.14. The number of hydrogen-bond acceptors (Lipinski definition) is 3. The first-order valence-corrected chi connectivity index (χ1v) is 3.22. The summed E-state index contributed by atoms with van der Waals surface area (Å²) >= 11 is 0. The molecule has 1 unspecified atom stereocenters.